The zero-order valence-electron chi connectivity index (χ0n) is 11.6. The normalized spacial score (nSPS) is 9.20. The lowest BCUT2D eigenvalue weighted by Crippen LogP contribution is -2.12. The van der Waals surface area contributed by atoms with Crippen molar-refractivity contribution in [3.63, 3.8) is 0 Å². The molecule has 0 aliphatic carbocycles. The highest BCUT2D eigenvalue weighted by Gasteiger charge is 1.97. The van der Waals surface area contributed by atoms with Crippen molar-refractivity contribution in [2.75, 3.05) is 0 Å². The molecule has 0 bridgehead atoms. The fourth-order valence-electron chi connectivity index (χ4n) is 1.20. The minimum Gasteiger partial charge on any atom is -0.370 e. The smallest absolute Gasteiger partial charge is 0.217 e. The zero-order valence-corrected chi connectivity index (χ0v) is 11.6. The van der Waals surface area contributed by atoms with E-state index in [1.807, 2.05) is 0 Å². The van der Waals surface area contributed by atoms with Gasteiger partial charge < -0.3 is 22.9 Å². The maximum Gasteiger partial charge on any atom is 0.217 e. The van der Waals surface area contributed by atoms with Gasteiger partial charge in [-0.1, -0.05) is 0 Å². The lowest BCUT2D eigenvalue weighted by atomic mass is 10.2. The van der Waals surface area contributed by atoms with Crippen LogP contribution in [0.25, 0.3) is 0 Å². The molecule has 8 N–H and O–H groups in total. The third-order valence-corrected chi connectivity index (χ3v) is 2.19. The summed E-state index contributed by atoms with van der Waals surface area (Å²) in [5, 5.41) is 0. The average Bonchev–Trinajstić information content (AvgIpc) is 2.30. The first-order chi connectivity index (χ1) is 9.25. The SMILES string of the molecule is NC(=O)CCCCC(N)=O.NC(=O)CCCCC(N)=O. The van der Waals surface area contributed by atoms with Gasteiger partial charge in [-0.15, -0.1) is 0 Å². The first-order valence-corrected chi connectivity index (χ1v) is 6.39. The second-order valence-electron chi connectivity index (χ2n) is 4.28. The van der Waals surface area contributed by atoms with Crippen molar-refractivity contribution in [2.45, 2.75) is 51.4 Å². The average molecular weight is 288 g/mol. The van der Waals surface area contributed by atoms with Crippen LogP contribution in [0.15, 0.2) is 0 Å². The van der Waals surface area contributed by atoms with Gasteiger partial charge in [-0.2, -0.15) is 0 Å². The van der Waals surface area contributed by atoms with Crippen LogP contribution in [0.4, 0.5) is 0 Å². The fraction of sp³-hybridized carbons (Fsp3) is 0.667. The highest BCUT2D eigenvalue weighted by atomic mass is 16.2. The maximum absolute atomic E-state index is 10.2. The first-order valence-electron chi connectivity index (χ1n) is 6.39. The summed E-state index contributed by atoms with van der Waals surface area (Å²) in [5.74, 6) is -1.32. The summed E-state index contributed by atoms with van der Waals surface area (Å²) in [6, 6.07) is 0. The van der Waals surface area contributed by atoms with Crippen molar-refractivity contribution in [1.29, 1.82) is 0 Å². The van der Waals surface area contributed by atoms with Crippen LogP contribution in [0.3, 0.4) is 0 Å². The summed E-state index contributed by atoms with van der Waals surface area (Å²) in [7, 11) is 0. The van der Waals surface area contributed by atoms with Gasteiger partial charge in [-0.05, 0) is 25.7 Å². The molecule has 0 heterocycles. The van der Waals surface area contributed by atoms with Gasteiger partial charge in [0.05, 0.1) is 0 Å². The van der Waals surface area contributed by atoms with E-state index in [4.69, 9.17) is 22.9 Å². The zero-order chi connectivity index (χ0) is 16.0. The topological polar surface area (TPSA) is 172 Å². The molecule has 116 valence electrons. The fourth-order valence-corrected chi connectivity index (χ4v) is 1.20. The monoisotopic (exact) mass is 288 g/mol. The van der Waals surface area contributed by atoms with Crippen molar-refractivity contribution in [3.8, 4) is 0 Å². The van der Waals surface area contributed by atoms with Gasteiger partial charge in [0.1, 0.15) is 0 Å². The van der Waals surface area contributed by atoms with Crippen molar-refractivity contribution in [1.82, 2.24) is 0 Å². The Labute approximate surface area is 118 Å². The van der Waals surface area contributed by atoms with E-state index >= 15 is 0 Å². The van der Waals surface area contributed by atoms with Gasteiger partial charge in [-0.25, -0.2) is 0 Å². The van der Waals surface area contributed by atoms with Crippen LogP contribution in [0.1, 0.15) is 51.4 Å². The molecule has 0 unspecified atom stereocenters. The third kappa shape index (κ3) is 24.9. The molecular weight excluding hydrogens is 264 g/mol. The molecule has 0 spiro atoms. The number of nitrogens with two attached hydrogens (primary N) is 4. The van der Waals surface area contributed by atoms with Crippen LogP contribution < -0.4 is 22.9 Å². The van der Waals surface area contributed by atoms with E-state index in [1.54, 1.807) is 0 Å². The number of unbranched alkanes of at least 4 members (excludes halogenated alkanes) is 2. The number of primary amides is 4. The Morgan fingerprint density at radius 3 is 0.700 bits per heavy atom. The Morgan fingerprint density at radius 1 is 0.450 bits per heavy atom. The highest BCUT2D eigenvalue weighted by molar-refractivity contribution is 5.75. The maximum atomic E-state index is 10.2. The van der Waals surface area contributed by atoms with Crippen LogP contribution in [-0.2, 0) is 19.2 Å². The number of amides is 4. The molecule has 0 atom stereocenters. The van der Waals surface area contributed by atoms with Crippen molar-refractivity contribution in [2.24, 2.45) is 22.9 Å². The van der Waals surface area contributed by atoms with Crippen LogP contribution in [0.2, 0.25) is 0 Å². The molecule has 0 aliphatic heterocycles. The van der Waals surface area contributed by atoms with Crippen LogP contribution in [-0.4, -0.2) is 23.6 Å². The Balaban J connectivity index is 0. The Bertz CT molecular complexity index is 267. The van der Waals surface area contributed by atoms with E-state index in [0.29, 0.717) is 51.4 Å². The second-order valence-corrected chi connectivity index (χ2v) is 4.28. The third-order valence-electron chi connectivity index (χ3n) is 2.19. The van der Waals surface area contributed by atoms with Gasteiger partial charge in [0.2, 0.25) is 23.6 Å². The minimum atomic E-state index is -0.329. The predicted octanol–water partition coefficient (Wildman–Crippen LogP) is -0.965. The molecule has 8 heteroatoms. The van der Waals surface area contributed by atoms with Crippen molar-refractivity contribution < 1.29 is 19.2 Å². The lowest BCUT2D eigenvalue weighted by Gasteiger charge is -1.93. The summed E-state index contributed by atoms with van der Waals surface area (Å²) in [6.07, 6.45) is 3.97. The van der Waals surface area contributed by atoms with Gasteiger partial charge in [0.25, 0.3) is 0 Å². The second kappa shape index (κ2) is 13.3. The van der Waals surface area contributed by atoms with Gasteiger partial charge in [-0.3, -0.25) is 19.2 Å². The van der Waals surface area contributed by atoms with Crippen LogP contribution in [0.5, 0.6) is 0 Å². The van der Waals surface area contributed by atoms with Crippen molar-refractivity contribution in [3.05, 3.63) is 0 Å². The summed E-state index contributed by atoms with van der Waals surface area (Å²) < 4.78 is 0. The summed E-state index contributed by atoms with van der Waals surface area (Å²) in [4.78, 5) is 40.6. The quantitative estimate of drug-likeness (QED) is 0.379. The Hall–Kier alpha value is -2.12. The van der Waals surface area contributed by atoms with Crippen LogP contribution >= 0.6 is 0 Å². The van der Waals surface area contributed by atoms with E-state index in [1.165, 1.54) is 0 Å². The first kappa shape index (κ1) is 20.2. The summed E-state index contributed by atoms with van der Waals surface area (Å²) in [6.45, 7) is 0. The molecule has 0 aliphatic rings. The van der Waals surface area contributed by atoms with E-state index < -0.39 is 0 Å². The number of hydrogen-bond acceptors (Lipinski definition) is 4. The number of carbonyl (C=O) groups excluding carboxylic acids is 4. The molecule has 0 aromatic heterocycles. The standard InChI is InChI=1S/2C6H12N2O2/c2*7-5(9)3-1-2-4-6(8)10/h2*1-4H2,(H2,7,9)(H2,8,10). The molecule has 8 nitrogen and oxygen atoms in total. The molecule has 0 fully saturated rings. The van der Waals surface area contributed by atoms with Gasteiger partial charge >= 0.3 is 0 Å². The molecule has 0 aromatic rings. The van der Waals surface area contributed by atoms with Crippen LogP contribution in [0, 0.1) is 0 Å². The lowest BCUT2D eigenvalue weighted by molar-refractivity contribution is -0.119. The molecule has 4 amide bonds. The van der Waals surface area contributed by atoms with Crippen molar-refractivity contribution >= 4 is 23.6 Å². The minimum absolute atomic E-state index is 0.329. The summed E-state index contributed by atoms with van der Waals surface area (Å²) >= 11 is 0. The molecule has 20 heavy (non-hydrogen) atoms. The predicted molar refractivity (Wildman–Crippen MR) is 73.7 cm³/mol. The Morgan fingerprint density at radius 2 is 0.600 bits per heavy atom. The number of rotatable bonds is 10. The highest BCUT2D eigenvalue weighted by Crippen LogP contribution is 1.97. The molecule has 0 aromatic carbocycles. The van der Waals surface area contributed by atoms with E-state index in [9.17, 15) is 19.2 Å². The molecular formula is C12H24N4O4. The molecule has 0 rings (SSSR count). The largest absolute Gasteiger partial charge is 0.370 e. The number of hydrogen-bond donors (Lipinski definition) is 4. The molecule has 0 saturated heterocycles. The van der Waals surface area contributed by atoms with E-state index in [-0.39, 0.29) is 23.6 Å². The molecule has 0 radical (unpaired) electrons. The molecule has 0 saturated carbocycles. The van der Waals surface area contributed by atoms with Gasteiger partial charge in [0, 0.05) is 25.7 Å². The van der Waals surface area contributed by atoms with E-state index in [0.717, 1.165) is 0 Å². The van der Waals surface area contributed by atoms with E-state index in [2.05, 4.69) is 0 Å². The van der Waals surface area contributed by atoms with Gasteiger partial charge in [0.15, 0.2) is 0 Å². The Kier molecular flexibility index (Phi) is 13.4. The number of carbonyl (C=O) groups is 4. The summed E-state index contributed by atoms with van der Waals surface area (Å²) in [5.41, 5.74) is 19.4.